The first-order chi connectivity index (χ1) is 11.6. The van der Waals surface area contributed by atoms with E-state index in [-0.39, 0.29) is 24.0 Å². The SMILES string of the molecule is CCOc1ccccc1CNC(=NC)NCCCCN(C)C(C)C.I. The summed E-state index contributed by atoms with van der Waals surface area (Å²) < 4.78 is 5.65. The molecule has 0 saturated carbocycles. The molecule has 0 amide bonds. The Hall–Kier alpha value is -1.02. The van der Waals surface area contributed by atoms with Crippen LogP contribution in [0.4, 0.5) is 0 Å². The number of aliphatic imine (C=N–C) groups is 1. The van der Waals surface area contributed by atoms with Crippen LogP contribution in [0.5, 0.6) is 5.75 Å². The number of hydrogen-bond donors (Lipinski definition) is 2. The molecule has 0 radical (unpaired) electrons. The average Bonchev–Trinajstić information content (AvgIpc) is 2.58. The summed E-state index contributed by atoms with van der Waals surface area (Å²) in [5, 5.41) is 6.72. The number of unbranched alkanes of at least 4 members (excludes halogenated alkanes) is 1. The first-order valence-electron chi connectivity index (χ1n) is 8.94. The molecule has 0 heterocycles. The highest BCUT2D eigenvalue weighted by Crippen LogP contribution is 2.17. The second kappa shape index (κ2) is 14.2. The maximum absolute atomic E-state index is 5.65. The van der Waals surface area contributed by atoms with Crippen LogP contribution < -0.4 is 15.4 Å². The molecule has 0 unspecified atom stereocenters. The van der Waals surface area contributed by atoms with Crippen molar-refractivity contribution >= 4 is 29.9 Å². The summed E-state index contributed by atoms with van der Waals surface area (Å²) in [7, 11) is 3.98. The van der Waals surface area contributed by atoms with Gasteiger partial charge in [-0.25, -0.2) is 0 Å². The highest BCUT2D eigenvalue weighted by molar-refractivity contribution is 14.0. The Balaban J connectivity index is 0.00000576. The van der Waals surface area contributed by atoms with E-state index in [0.717, 1.165) is 36.8 Å². The molecule has 144 valence electrons. The van der Waals surface area contributed by atoms with Gasteiger partial charge in [0.15, 0.2) is 5.96 Å². The van der Waals surface area contributed by atoms with Crippen molar-refractivity contribution in [3.8, 4) is 5.75 Å². The molecule has 6 heteroatoms. The third-order valence-corrected chi connectivity index (χ3v) is 4.05. The number of hydrogen-bond acceptors (Lipinski definition) is 3. The molecular formula is C19H35IN4O. The number of ether oxygens (including phenoxy) is 1. The maximum Gasteiger partial charge on any atom is 0.191 e. The smallest absolute Gasteiger partial charge is 0.191 e. The first kappa shape index (κ1) is 24.0. The van der Waals surface area contributed by atoms with Crippen LogP contribution in [0.15, 0.2) is 29.3 Å². The van der Waals surface area contributed by atoms with Crippen LogP contribution >= 0.6 is 24.0 Å². The summed E-state index contributed by atoms with van der Waals surface area (Å²) >= 11 is 0. The Kier molecular flexibility index (Phi) is 13.6. The number of rotatable bonds is 10. The molecule has 0 spiro atoms. The summed E-state index contributed by atoms with van der Waals surface area (Å²) in [5.41, 5.74) is 1.14. The fourth-order valence-corrected chi connectivity index (χ4v) is 2.30. The number of guanidine groups is 1. The molecule has 5 nitrogen and oxygen atoms in total. The third kappa shape index (κ3) is 9.89. The predicted octanol–water partition coefficient (Wildman–Crippen LogP) is 3.49. The maximum atomic E-state index is 5.65. The number of benzene rings is 1. The molecule has 25 heavy (non-hydrogen) atoms. The summed E-state index contributed by atoms with van der Waals surface area (Å²) in [4.78, 5) is 6.66. The van der Waals surface area contributed by atoms with Crippen molar-refractivity contribution in [1.29, 1.82) is 0 Å². The number of nitrogens with one attached hydrogen (secondary N) is 2. The lowest BCUT2D eigenvalue weighted by atomic mass is 10.2. The second-order valence-electron chi connectivity index (χ2n) is 6.17. The molecular weight excluding hydrogens is 427 g/mol. The molecule has 1 aromatic carbocycles. The van der Waals surface area contributed by atoms with Crippen molar-refractivity contribution in [2.24, 2.45) is 4.99 Å². The lowest BCUT2D eigenvalue weighted by Gasteiger charge is -2.20. The van der Waals surface area contributed by atoms with E-state index in [1.807, 2.05) is 25.1 Å². The fourth-order valence-electron chi connectivity index (χ4n) is 2.30. The van der Waals surface area contributed by atoms with Crippen molar-refractivity contribution in [3.05, 3.63) is 29.8 Å². The highest BCUT2D eigenvalue weighted by Gasteiger charge is 2.05. The third-order valence-electron chi connectivity index (χ3n) is 4.05. The van der Waals surface area contributed by atoms with E-state index in [4.69, 9.17) is 4.74 Å². The zero-order valence-corrected chi connectivity index (χ0v) is 18.7. The van der Waals surface area contributed by atoms with Gasteiger partial charge in [0.25, 0.3) is 0 Å². The molecule has 2 N–H and O–H groups in total. The van der Waals surface area contributed by atoms with E-state index < -0.39 is 0 Å². The van der Waals surface area contributed by atoms with Crippen molar-refractivity contribution in [1.82, 2.24) is 15.5 Å². The molecule has 0 bridgehead atoms. The van der Waals surface area contributed by atoms with Gasteiger partial charge in [0.2, 0.25) is 0 Å². The summed E-state index contributed by atoms with van der Waals surface area (Å²) in [6, 6.07) is 8.71. The minimum Gasteiger partial charge on any atom is -0.494 e. The molecule has 1 rings (SSSR count). The Morgan fingerprint density at radius 1 is 1.20 bits per heavy atom. The van der Waals surface area contributed by atoms with E-state index >= 15 is 0 Å². The molecule has 1 aromatic rings. The fraction of sp³-hybridized carbons (Fsp3) is 0.632. The van der Waals surface area contributed by atoms with Gasteiger partial charge in [0.05, 0.1) is 6.61 Å². The van der Waals surface area contributed by atoms with Crippen LogP contribution in [0.25, 0.3) is 0 Å². The molecule has 0 saturated heterocycles. The van der Waals surface area contributed by atoms with Crippen molar-refractivity contribution < 1.29 is 4.74 Å². The summed E-state index contributed by atoms with van der Waals surface area (Å²) in [6.45, 7) is 9.89. The van der Waals surface area contributed by atoms with Crippen molar-refractivity contribution in [2.45, 2.75) is 46.2 Å². The van der Waals surface area contributed by atoms with Gasteiger partial charge >= 0.3 is 0 Å². The molecule has 0 aliphatic heterocycles. The van der Waals surface area contributed by atoms with Crippen LogP contribution in [0.2, 0.25) is 0 Å². The standard InChI is InChI=1S/C19H34N4O.HI/c1-6-24-18-12-8-7-11-17(18)15-22-19(20-4)21-13-9-10-14-23(5)16(2)3;/h7-8,11-12,16H,6,9-10,13-15H2,1-5H3,(H2,20,21,22);1H. The average molecular weight is 462 g/mol. The van der Waals surface area contributed by atoms with Crippen LogP contribution in [0.3, 0.4) is 0 Å². The number of para-hydroxylation sites is 1. The molecule has 0 aliphatic rings. The van der Waals surface area contributed by atoms with E-state index in [0.29, 0.717) is 19.2 Å². The van der Waals surface area contributed by atoms with Crippen LogP contribution in [0, 0.1) is 0 Å². The zero-order chi connectivity index (χ0) is 17.8. The van der Waals surface area contributed by atoms with Gasteiger partial charge in [-0.3, -0.25) is 4.99 Å². The Morgan fingerprint density at radius 2 is 1.92 bits per heavy atom. The zero-order valence-electron chi connectivity index (χ0n) is 16.3. The minimum absolute atomic E-state index is 0. The Morgan fingerprint density at radius 3 is 2.56 bits per heavy atom. The number of halogens is 1. The van der Waals surface area contributed by atoms with Gasteiger partial charge in [-0.05, 0) is 53.3 Å². The monoisotopic (exact) mass is 462 g/mol. The Labute approximate surface area is 170 Å². The predicted molar refractivity (Wildman–Crippen MR) is 118 cm³/mol. The van der Waals surface area contributed by atoms with Gasteiger partial charge in [-0.2, -0.15) is 0 Å². The molecule has 0 aliphatic carbocycles. The molecule has 0 aromatic heterocycles. The molecule has 0 fully saturated rings. The minimum atomic E-state index is 0. The van der Waals surface area contributed by atoms with Gasteiger partial charge in [-0.1, -0.05) is 18.2 Å². The summed E-state index contributed by atoms with van der Waals surface area (Å²) in [5.74, 6) is 1.76. The molecule has 0 atom stereocenters. The van der Waals surface area contributed by atoms with Gasteiger partial charge in [0.1, 0.15) is 5.75 Å². The normalized spacial score (nSPS) is 11.4. The van der Waals surface area contributed by atoms with E-state index in [1.54, 1.807) is 7.05 Å². The van der Waals surface area contributed by atoms with E-state index in [9.17, 15) is 0 Å². The lowest BCUT2D eigenvalue weighted by molar-refractivity contribution is 0.268. The van der Waals surface area contributed by atoms with Crippen molar-refractivity contribution in [2.75, 3.05) is 33.8 Å². The van der Waals surface area contributed by atoms with E-state index in [1.165, 1.54) is 6.42 Å². The first-order valence-corrected chi connectivity index (χ1v) is 8.94. The quantitative estimate of drug-likeness (QED) is 0.242. The highest BCUT2D eigenvalue weighted by atomic mass is 127. The van der Waals surface area contributed by atoms with Crippen molar-refractivity contribution in [3.63, 3.8) is 0 Å². The lowest BCUT2D eigenvalue weighted by Crippen LogP contribution is -2.37. The van der Waals surface area contributed by atoms with Gasteiger partial charge in [-0.15, -0.1) is 24.0 Å². The Bertz CT molecular complexity index is 494. The topological polar surface area (TPSA) is 48.9 Å². The number of nitrogens with zero attached hydrogens (tertiary/aromatic N) is 2. The van der Waals surface area contributed by atoms with E-state index in [2.05, 4.69) is 47.5 Å². The summed E-state index contributed by atoms with van der Waals surface area (Å²) in [6.07, 6.45) is 2.32. The van der Waals surface area contributed by atoms with Crippen LogP contribution in [-0.2, 0) is 6.54 Å². The van der Waals surface area contributed by atoms with Gasteiger partial charge < -0.3 is 20.3 Å². The second-order valence-corrected chi connectivity index (χ2v) is 6.17. The van der Waals surface area contributed by atoms with Crippen LogP contribution in [-0.4, -0.2) is 50.7 Å². The van der Waals surface area contributed by atoms with Gasteiger partial charge in [0, 0.05) is 31.7 Å². The van der Waals surface area contributed by atoms with Crippen LogP contribution in [0.1, 0.15) is 39.2 Å². The largest absolute Gasteiger partial charge is 0.494 e.